The Hall–Kier alpha value is -1.48. The molecule has 0 bridgehead atoms. The predicted octanol–water partition coefficient (Wildman–Crippen LogP) is 7.53. The molecule has 0 spiro atoms. The van der Waals surface area contributed by atoms with E-state index in [-0.39, 0.29) is 27.4 Å². The standard InChI is InChI=1S/C33H53BO4Si2/c1-30(2,3)39(11,12)36-27(23-25-34-37-32(7,8)33(9,10)38-34)24-26-35-40(31(4,5)6,28-19-15-13-16-20-28)29-21-17-14-18-22-29/h13-23,25,27H,24,26H2,1-12H3/b25-23+/t27-/m0/s1. The Balaban J connectivity index is 1.91. The van der Waals surface area contributed by atoms with Crippen LogP contribution in [0.25, 0.3) is 0 Å². The van der Waals surface area contributed by atoms with Crippen LogP contribution in [0.5, 0.6) is 0 Å². The monoisotopic (exact) mass is 580 g/mol. The highest BCUT2D eigenvalue weighted by Gasteiger charge is 2.51. The highest BCUT2D eigenvalue weighted by molar-refractivity contribution is 6.99. The molecule has 1 aliphatic rings. The summed E-state index contributed by atoms with van der Waals surface area (Å²) in [5.74, 6) is 2.04. The summed E-state index contributed by atoms with van der Waals surface area (Å²) in [5.41, 5.74) is -0.742. The molecule has 2 aromatic carbocycles. The number of hydrogen-bond acceptors (Lipinski definition) is 4. The molecule has 4 nitrogen and oxygen atoms in total. The van der Waals surface area contributed by atoms with E-state index >= 15 is 0 Å². The van der Waals surface area contributed by atoms with E-state index in [1.54, 1.807) is 0 Å². The van der Waals surface area contributed by atoms with Crippen LogP contribution >= 0.6 is 0 Å². The summed E-state index contributed by atoms with van der Waals surface area (Å²) < 4.78 is 26.7. The molecule has 2 aromatic rings. The van der Waals surface area contributed by atoms with Crippen molar-refractivity contribution in [2.75, 3.05) is 6.61 Å². The van der Waals surface area contributed by atoms with Crippen LogP contribution in [-0.2, 0) is 18.2 Å². The van der Waals surface area contributed by atoms with Gasteiger partial charge in [-0.15, -0.1) is 0 Å². The van der Waals surface area contributed by atoms with Crippen molar-refractivity contribution in [3.05, 3.63) is 72.7 Å². The van der Waals surface area contributed by atoms with E-state index in [1.807, 2.05) is 5.98 Å². The molecule has 0 aliphatic carbocycles. The van der Waals surface area contributed by atoms with Crippen LogP contribution in [0.2, 0.25) is 23.2 Å². The van der Waals surface area contributed by atoms with Gasteiger partial charge in [-0.1, -0.05) is 114 Å². The van der Waals surface area contributed by atoms with Crippen LogP contribution in [0.1, 0.15) is 75.7 Å². The Bertz CT molecular complexity index is 1060. The lowest BCUT2D eigenvalue weighted by Gasteiger charge is -2.43. The fourth-order valence-corrected chi connectivity index (χ4v) is 10.9. The quantitative estimate of drug-likeness (QED) is 0.272. The molecule has 0 amide bonds. The zero-order valence-electron chi connectivity index (χ0n) is 27.1. The second-order valence-electron chi connectivity index (χ2n) is 14.7. The van der Waals surface area contributed by atoms with Gasteiger partial charge in [0.1, 0.15) is 0 Å². The van der Waals surface area contributed by atoms with Gasteiger partial charge in [-0.2, -0.15) is 0 Å². The SMILES string of the molecule is CC1(C)OB(/C=C/[C@@H](CCO[Si](c2ccccc2)(c2ccccc2)C(C)(C)C)O[Si](C)(C)C(C)(C)C)OC1(C)C. The summed E-state index contributed by atoms with van der Waals surface area (Å²) in [4.78, 5) is 0. The van der Waals surface area contributed by atoms with Gasteiger partial charge in [0.05, 0.1) is 17.3 Å². The van der Waals surface area contributed by atoms with Gasteiger partial charge in [-0.05, 0) is 67.7 Å². The second-order valence-corrected chi connectivity index (χ2v) is 23.8. The van der Waals surface area contributed by atoms with Crippen LogP contribution < -0.4 is 10.4 Å². The fourth-order valence-electron chi connectivity index (χ4n) is 5.02. The maximum absolute atomic E-state index is 7.21. The third-order valence-corrected chi connectivity index (χ3v) is 18.7. The van der Waals surface area contributed by atoms with E-state index in [4.69, 9.17) is 18.2 Å². The summed E-state index contributed by atoms with van der Waals surface area (Å²) in [6, 6.07) is 21.7. The third kappa shape index (κ3) is 7.11. The van der Waals surface area contributed by atoms with Crippen molar-refractivity contribution in [1.82, 2.24) is 0 Å². The molecule has 0 saturated carbocycles. The summed E-state index contributed by atoms with van der Waals surface area (Å²) in [6.45, 7) is 27.4. The van der Waals surface area contributed by atoms with Gasteiger partial charge in [-0.3, -0.25) is 0 Å². The van der Waals surface area contributed by atoms with Gasteiger partial charge in [0.15, 0.2) is 8.32 Å². The Morgan fingerprint density at radius 1 is 0.775 bits per heavy atom. The highest BCUT2D eigenvalue weighted by atomic mass is 28.4. The van der Waals surface area contributed by atoms with Gasteiger partial charge < -0.3 is 18.2 Å². The maximum Gasteiger partial charge on any atom is 0.486 e. The first-order chi connectivity index (χ1) is 18.3. The normalized spacial score (nSPS) is 18.9. The topological polar surface area (TPSA) is 36.9 Å². The molecule has 3 rings (SSSR count). The minimum absolute atomic E-state index is 0.0655. The average molecular weight is 581 g/mol. The van der Waals surface area contributed by atoms with Crippen molar-refractivity contribution in [1.29, 1.82) is 0 Å². The van der Waals surface area contributed by atoms with E-state index in [0.717, 1.165) is 6.42 Å². The molecule has 40 heavy (non-hydrogen) atoms. The molecular weight excluding hydrogens is 527 g/mol. The second kappa shape index (κ2) is 12.0. The van der Waals surface area contributed by atoms with Crippen LogP contribution in [0.4, 0.5) is 0 Å². The average Bonchev–Trinajstić information content (AvgIpc) is 3.05. The van der Waals surface area contributed by atoms with Gasteiger partial charge in [0, 0.05) is 6.61 Å². The first-order valence-corrected chi connectivity index (χ1v) is 19.6. The molecule has 1 heterocycles. The molecule has 0 N–H and O–H groups in total. The summed E-state index contributed by atoms with van der Waals surface area (Å²) in [7, 11) is -5.05. The third-order valence-electron chi connectivity index (χ3n) is 9.14. The van der Waals surface area contributed by atoms with E-state index in [9.17, 15) is 0 Å². The zero-order valence-corrected chi connectivity index (χ0v) is 29.1. The van der Waals surface area contributed by atoms with Crippen LogP contribution in [0.3, 0.4) is 0 Å². The molecule has 1 fully saturated rings. The molecular formula is C33H53BO4Si2. The van der Waals surface area contributed by atoms with Crippen LogP contribution in [0.15, 0.2) is 72.7 Å². The van der Waals surface area contributed by atoms with E-state index in [2.05, 4.69) is 149 Å². The molecule has 0 unspecified atom stereocenters. The van der Waals surface area contributed by atoms with Crippen molar-refractivity contribution in [3.63, 3.8) is 0 Å². The zero-order chi connectivity index (χ0) is 30.0. The lowest BCUT2D eigenvalue weighted by Crippen LogP contribution is -2.66. The molecule has 0 aromatic heterocycles. The van der Waals surface area contributed by atoms with Crippen molar-refractivity contribution >= 4 is 34.1 Å². The van der Waals surface area contributed by atoms with Crippen LogP contribution in [0, 0.1) is 0 Å². The minimum Gasteiger partial charge on any atom is -0.411 e. The first-order valence-electron chi connectivity index (χ1n) is 14.8. The van der Waals surface area contributed by atoms with E-state index in [1.165, 1.54) is 10.4 Å². The number of benzene rings is 2. The Labute approximate surface area is 247 Å². The van der Waals surface area contributed by atoms with Crippen molar-refractivity contribution < 1.29 is 18.2 Å². The smallest absolute Gasteiger partial charge is 0.411 e. The summed E-state index contributed by atoms with van der Waals surface area (Å²) >= 11 is 0. The van der Waals surface area contributed by atoms with Gasteiger partial charge in [0.25, 0.3) is 8.32 Å². The molecule has 7 heteroatoms. The molecule has 1 atom stereocenters. The largest absolute Gasteiger partial charge is 0.486 e. The molecule has 220 valence electrons. The lowest BCUT2D eigenvalue weighted by molar-refractivity contribution is 0.00578. The van der Waals surface area contributed by atoms with E-state index < -0.39 is 23.8 Å². The van der Waals surface area contributed by atoms with Crippen molar-refractivity contribution in [2.45, 2.75) is 116 Å². The van der Waals surface area contributed by atoms with Gasteiger partial charge in [0.2, 0.25) is 0 Å². The van der Waals surface area contributed by atoms with Crippen molar-refractivity contribution in [3.8, 4) is 0 Å². The molecule has 1 saturated heterocycles. The Kier molecular flexibility index (Phi) is 9.92. The Morgan fingerprint density at radius 3 is 1.62 bits per heavy atom. The number of hydrogen-bond donors (Lipinski definition) is 0. The Morgan fingerprint density at radius 2 is 1.23 bits per heavy atom. The lowest BCUT2D eigenvalue weighted by atomic mass is 9.89. The van der Waals surface area contributed by atoms with Gasteiger partial charge in [-0.25, -0.2) is 0 Å². The highest BCUT2D eigenvalue weighted by Crippen LogP contribution is 2.40. The van der Waals surface area contributed by atoms with Crippen LogP contribution in [-0.4, -0.2) is 47.7 Å². The molecule has 0 radical (unpaired) electrons. The maximum atomic E-state index is 7.21. The molecule has 1 aliphatic heterocycles. The minimum atomic E-state index is -2.62. The first kappa shape index (κ1) is 33.0. The van der Waals surface area contributed by atoms with E-state index in [0.29, 0.717) is 6.61 Å². The fraction of sp³-hybridized carbons (Fsp3) is 0.576. The summed E-state index contributed by atoms with van der Waals surface area (Å²) in [6.07, 6.45) is 2.81. The number of rotatable bonds is 10. The predicted molar refractivity (Wildman–Crippen MR) is 175 cm³/mol. The van der Waals surface area contributed by atoms with Crippen molar-refractivity contribution in [2.24, 2.45) is 0 Å². The van der Waals surface area contributed by atoms with Gasteiger partial charge >= 0.3 is 7.12 Å². The summed E-state index contributed by atoms with van der Waals surface area (Å²) in [5, 5.41) is 2.62.